The van der Waals surface area contributed by atoms with E-state index in [0.717, 1.165) is 26.1 Å². The zero-order valence-electron chi connectivity index (χ0n) is 14.0. The van der Waals surface area contributed by atoms with E-state index < -0.39 is 6.04 Å². The molecule has 0 unspecified atom stereocenters. The molecule has 124 valence electrons. The fourth-order valence-corrected chi connectivity index (χ4v) is 2.96. The van der Waals surface area contributed by atoms with Crippen molar-refractivity contribution < 1.29 is 4.79 Å². The molecule has 2 atom stereocenters. The van der Waals surface area contributed by atoms with Gasteiger partial charge in [0.25, 0.3) is 0 Å². The second kappa shape index (κ2) is 8.09. The summed E-state index contributed by atoms with van der Waals surface area (Å²) in [5.41, 5.74) is 7.80. The Kier molecular flexibility index (Phi) is 6.14. The number of nitriles is 1. The molecule has 0 saturated carbocycles. The fraction of sp³-hybridized carbons (Fsp3) is 0.556. The number of rotatable bonds is 6. The van der Waals surface area contributed by atoms with Crippen LogP contribution in [0.2, 0.25) is 0 Å². The summed E-state index contributed by atoms with van der Waals surface area (Å²) in [6.07, 6.45) is 1.67. The lowest BCUT2D eigenvalue weighted by Gasteiger charge is -2.19. The minimum absolute atomic E-state index is 0.0380. The highest BCUT2D eigenvalue weighted by Gasteiger charge is 2.25. The predicted octanol–water partition coefficient (Wildman–Crippen LogP) is 1.62. The first-order chi connectivity index (χ1) is 11.0. The van der Waals surface area contributed by atoms with E-state index in [4.69, 9.17) is 11.0 Å². The van der Waals surface area contributed by atoms with Crippen molar-refractivity contribution in [1.82, 2.24) is 10.2 Å². The van der Waals surface area contributed by atoms with Gasteiger partial charge in [0.15, 0.2) is 0 Å². The van der Waals surface area contributed by atoms with Gasteiger partial charge >= 0.3 is 0 Å². The van der Waals surface area contributed by atoms with Crippen molar-refractivity contribution in [2.45, 2.75) is 45.3 Å². The molecule has 23 heavy (non-hydrogen) atoms. The van der Waals surface area contributed by atoms with Crippen LogP contribution >= 0.6 is 0 Å². The van der Waals surface area contributed by atoms with Crippen LogP contribution in [0.5, 0.6) is 0 Å². The Bertz CT molecular complexity index is 561. The number of likely N-dealkylation sites (tertiary alicyclic amines) is 1. The summed E-state index contributed by atoms with van der Waals surface area (Å²) in [4.78, 5) is 14.4. The van der Waals surface area contributed by atoms with E-state index in [1.54, 1.807) is 0 Å². The molecular weight excluding hydrogens is 288 g/mol. The summed E-state index contributed by atoms with van der Waals surface area (Å²) < 4.78 is 0. The number of hydrogen-bond acceptors (Lipinski definition) is 4. The predicted molar refractivity (Wildman–Crippen MR) is 90.4 cm³/mol. The quantitative estimate of drug-likeness (QED) is 0.836. The molecule has 0 aliphatic carbocycles. The molecule has 0 radical (unpaired) electrons. The number of carbonyl (C=O) groups excluding carboxylic acids is 1. The van der Waals surface area contributed by atoms with Crippen LogP contribution < -0.4 is 11.1 Å². The van der Waals surface area contributed by atoms with Gasteiger partial charge in [-0.3, -0.25) is 9.69 Å². The molecule has 5 heteroatoms. The molecule has 1 fully saturated rings. The van der Waals surface area contributed by atoms with E-state index in [1.165, 1.54) is 5.56 Å². The monoisotopic (exact) mass is 314 g/mol. The molecule has 1 heterocycles. The minimum atomic E-state index is -0.414. The molecule has 0 spiro atoms. The molecular formula is C18H26N4O. The molecule has 1 aliphatic rings. The third-order valence-electron chi connectivity index (χ3n) is 4.17. The smallest absolute Gasteiger partial charge is 0.237 e. The first-order valence-electron chi connectivity index (χ1n) is 8.25. The first-order valence-corrected chi connectivity index (χ1v) is 8.25. The zero-order chi connectivity index (χ0) is 16.8. The standard InChI is InChI=1S/C18H26N4O/c1-13(2)9-17(20)18(23)21-16-7-8-22(12-16)11-15-5-3-14(10-19)4-6-15/h3-6,13,16-17H,7-9,11-12,20H2,1-2H3,(H,21,23)/t16-,17-/m0/s1. The van der Waals surface area contributed by atoms with Gasteiger partial charge in [0.1, 0.15) is 0 Å². The minimum Gasteiger partial charge on any atom is -0.351 e. The van der Waals surface area contributed by atoms with Crippen molar-refractivity contribution in [1.29, 1.82) is 5.26 Å². The molecule has 5 nitrogen and oxygen atoms in total. The second-order valence-corrected chi connectivity index (χ2v) is 6.77. The Morgan fingerprint density at radius 3 is 2.74 bits per heavy atom. The number of amides is 1. The summed E-state index contributed by atoms with van der Waals surface area (Å²) in [6.45, 7) is 6.80. The molecule has 3 N–H and O–H groups in total. The molecule has 1 saturated heterocycles. The maximum Gasteiger partial charge on any atom is 0.237 e. The lowest BCUT2D eigenvalue weighted by molar-refractivity contribution is -0.123. The summed E-state index contributed by atoms with van der Waals surface area (Å²) >= 11 is 0. The van der Waals surface area contributed by atoms with E-state index in [-0.39, 0.29) is 11.9 Å². The summed E-state index contributed by atoms with van der Waals surface area (Å²) in [5, 5.41) is 11.9. The lowest BCUT2D eigenvalue weighted by atomic mass is 10.0. The van der Waals surface area contributed by atoms with E-state index in [1.807, 2.05) is 24.3 Å². The van der Waals surface area contributed by atoms with Crippen molar-refractivity contribution in [3.63, 3.8) is 0 Å². The van der Waals surface area contributed by atoms with Gasteiger partial charge in [-0.15, -0.1) is 0 Å². The van der Waals surface area contributed by atoms with Gasteiger partial charge in [-0.2, -0.15) is 5.26 Å². The molecule has 1 aromatic carbocycles. The van der Waals surface area contributed by atoms with Gasteiger partial charge in [-0.05, 0) is 36.5 Å². The largest absolute Gasteiger partial charge is 0.351 e. The van der Waals surface area contributed by atoms with Gasteiger partial charge in [0.2, 0.25) is 5.91 Å². The van der Waals surface area contributed by atoms with Gasteiger partial charge in [0, 0.05) is 25.7 Å². The van der Waals surface area contributed by atoms with Gasteiger partial charge in [-0.25, -0.2) is 0 Å². The van der Waals surface area contributed by atoms with Crippen LogP contribution in [-0.4, -0.2) is 36.0 Å². The van der Waals surface area contributed by atoms with Crippen molar-refractivity contribution in [2.24, 2.45) is 11.7 Å². The molecule has 0 aromatic heterocycles. The Morgan fingerprint density at radius 2 is 2.13 bits per heavy atom. The molecule has 1 amide bonds. The number of hydrogen-bond donors (Lipinski definition) is 2. The maximum absolute atomic E-state index is 12.1. The third-order valence-corrected chi connectivity index (χ3v) is 4.17. The number of nitrogens with two attached hydrogens (primary N) is 1. The fourth-order valence-electron chi connectivity index (χ4n) is 2.96. The Hall–Kier alpha value is -1.90. The summed E-state index contributed by atoms with van der Waals surface area (Å²) in [7, 11) is 0. The van der Waals surface area contributed by atoms with Crippen molar-refractivity contribution in [3.8, 4) is 6.07 Å². The van der Waals surface area contributed by atoms with Gasteiger partial charge in [-0.1, -0.05) is 26.0 Å². The van der Waals surface area contributed by atoms with E-state index in [2.05, 4.69) is 30.1 Å². The number of nitrogens with zero attached hydrogens (tertiary/aromatic N) is 2. The number of carbonyl (C=O) groups is 1. The normalized spacial score (nSPS) is 19.5. The highest BCUT2D eigenvalue weighted by Crippen LogP contribution is 2.14. The molecule has 2 rings (SSSR count). The van der Waals surface area contributed by atoms with Crippen molar-refractivity contribution >= 4 is 5.91 Å². The van der Waals surface area contributed by atoms with Crippen LogP contribution in [0.25, 0.3) is 0 Å². The average molecular weight is 314 g/mol. The Labute approximate surface area is 138 Å². The van der Waals surface area contributed by atoms with Crippen LogP contribution in [0.3, 0.4) is 0 Å². The molecule has 1 aliphatic heterocycles. The van der Waals surface area contributed by atoms with E-state index in [0.29, 0.717) is 17.9 Å². The maximum atomic E-state index is 12.1. The third kappa shape index (κ3) is 5.34. The number of nitrogens with one attached hydrogen (secondary N) is 1. The zero-order valence-corrected chi connectivity index (χ0v) is 14.0. The number of benzene rings is 1. The van der Waals surface area contributed by atoms with Crippen LogP contribution in [-0.2, 0) is 11.3 Å². The summed E-state index contributed by atoms with van der Waals surface area (Å²) in [5.74, 6) is 0.385. The van der Waals surface area contributed by atoms with Crippen LogP contribution in [0.1, 0.15) is 37.8 Å². The van der Waals surface area contributed by atoms with Gasteiger partial charge < -0.3 is 11.1 Å². The summed E-state index contributed by atoms with van der Waals surface area (Å²) in [6, 6.07) is 9.56. The Balaban J connectivity index is 1.79. The van der Waals surface area contributed by atoms with Gasteiger partial charge in [0.05, 0.1) is 17.7 Å². The molecule has 0 bridgehead atoms. The van der Waals surface area contributed by atoms with E-state index in [9.17, 15) is 4.79 Å². The van der Waals surface area contributed by atoms with E-state index >= 15 is 0 Å². The first kappa shape index (κ1) is 17.5. The highest BCUT2D eigenvalue weighted by molar-refractivity contribution is 5.81. The van der Waals surface area contributed by atoms with Crippen LogP contribution in [0.15, 0.2) is 24.3 Å². The second-order valence-electron chi connectivity index (χ2n) is 6.77. The average Bonchev–Trinajstić information content (AvgIpc) is 2.94. The van der Waals surface area contributed by atoms with Crippen LogP contribution in [0, 0.1) is 17.2 Å². The van der Waals surface area contributed by atoms with Crippen LogP contribution in [0.4, 0.5) is 0 Å². The Morgan fingerprint density at radius 1 is 1.43 bits per heavy atom. The lowest BCUT2D eigenvalue weighted by Crippen LogP contribution is -2.46. The van der Waals surface area contributed by atoms with Crippen molar-refractivity contribution in [3.05, 3.63) is 35.4 Å². The van der Waals surface area contributed by atoms with Crippen molar-refractivity contribution in [2.75, 3.05) is 13.1 Å². The SMILES string of the molecule is CC(C)C[C@H](N)C(=O)N[C@H]1CCN(Cc2ccc(C#N)cc2)C1. The highest BCUT2D eigenvalue weighted by atomic mass is 16.2. The topological polar surface area (TPSA) is 82.2 Å². The molecule has 1 aromatic rings.